The number of hydrogen-bond acceptors (Lipinski definition) is 5. The van der Waals surface area contributed by atoms with Crippen molar-refractivity contribution < 1.29 is 10.2 Å². The summed E-state index contributed by atoms with van der Waals surface area (Å²) in [4.78, 5) is 2.16. The second-order valence-corrected chi connectivity index (χ2v) is 3.64. The van der Waals surface area contributed by atoms with Gasteiger partial charge in [-0.2, -0.15) is 0 Å². The lowest BCUT2D eigenvalue weighted by molar-refractivity contribution is 0.0602. The van der Waals surface area contributed by atoms with Gasteiger partial charge in [-0.3, -0.25) is 4.90 Å². The first-order valence-electron chi connectivity index (χ1n) is 5.25. The van der Waals surface area contributed by atoms with Crippen molar-refractivity contribution in [2.45, 2.75) is 6.10 Å². The minimum atomic E-state index is -0.615. The zero-order valence-corrected chi connectivity index (χ0v) is 8.58. The topological polar surface area (TPSA) is 67.8 Å². The molecular formula is C9H21N3O2. The molecule has 1 fully saturated rings. The second-order valence-electron chi connectivity index (χ2n) is 3.64. The molecule has 0 bridgehead atoms. The van der Waals surface area contributed by atoms with Crippen LogP contribution in [-0.4, -0.2) is 73.6 Å². The molecule has 0 amide bonds. The standard InChI is InChI=1S/C9H21N3O2/c13-8-9(14)7-12-5-3-10-1-2-11-4-6-12/h9-11,13-14H,1-8H2. The molecule has 0 aromatic heterocycles. The largest absolute Gasteiger partial charge is 0.394 e. The van der Waals surface area contributed by atoms with Crippen molar-refractivity contribution in [2.24, 2.45) is 0 Å². The van der Waals surface area contributed by atoms with Crippen LogP contribution in [0.1, 0.15) is 0 Å². The van der Waals surface area contributed by atoms with Crippen molar-refractivity contribution in [1.82, 2.24) is 15.5 Å². The van der Waals surface area contributed by atoms with Gasteiger partial charge in [0, 0.05) is 45.8 Å². The van der Waals surface area contributed by atoms with Crippen LogP contribution >= 0.6 is 0 Å². The summed E-state index contributed by atoms with van der Waals surface area (Å²) in [7, 11) is 0. The average molecular weight is 203 g/mol. The molecule has 0 radical (unpaired) electrons. The highest BCUT2D eigenvalue weighted by Gasteiger charge is 2.10. The third-order valence-electron chi connectivity index (χ3n) is 2.37. The Bertz CT molecular complexity index is 136. The van der Waals surface area contributed by atoms with E-state index in [2.05, 4.69) is 15.5 Å². The predicted molar refractivity (Wildman–Crippen MR) is 55.3 cm³/mol. The number of β-amino-alcohol motifs (C(OH)–C–C–N with tert-alkyl or cyclic N) is 1. The zero-order valence-electron chi connectivity index (χ0n) is 8.58. The molecule has 1 heterocycles. The maximum atomic E-state index is 9.31. The predicted octanol–water partition coefficient (Wildman–Crippen LogP) is -2.17. The molecule has 1 saturated heterocycles. The highest BCUT2D eigenvalue weighted by Crippen LogP contribution is 1.92. The van der Waals surface area contributed by atoms with E-state index in [9.17, 15) is 5.11 Å². The molecule has 0 saturated carbocycles. The number of rotatable bonds is 3. The molecule has 4 N–H and O–H groups in total. The van der Waals surface area contributed by atoms with Gasteiger partial charge in [-0.25, -0.2) is 0 Å². The van der Waals surface area contributed by atoms with Gasteiger partial charge in [0.2, 0.25) is 0 Å². The Labute approximate surface area is 85.1 Å². The van der Waals surface area contributed by atoms with E-state index in [1.807, 2.05) is 0 Å². The molecule has 0 aromatic rings. The number of nitrogens with zero attached hydrogens (tertiary/aromatic N) is 1. The maximum Gasteiger partial charge on any atom is 0.0897 e. The first-order valence-corrected chi connectivity index (χ1v) is 5.25. The molecule has 0 aromatic carbocycles. The number of aliphatic hydroxyl groups is 2. The summed E-state index contributed by atoms with van der Waals surface area (Å²) in [6, 6.07) is 0. The summed E-state index contributed by atoms with van der Waals surface area (Å²) < 4.78 is 0. The van der Waals surface area contributed by atoms with E-state index in [1.165, 1.54) is 0 Å². The fourth-order valence-electron chi connectivity index (χ4n) is 1.55. The first kappa shape index (κ1) is 11.9. The van der Waals surface area contributed by atoms with Crippen molar-refractivity contribution in [3.8, 4) is 0 Å². The van der Waals surface area contributed by atoms with Crippen molar-refractivity contribution in [1.29, 1.82) is 0 Å². The van der Waals surface area contributed by atoms with Gasteiger partial charge >= 0.3 is 0 Å². The van der Waals surface area contributed by atoms with Crippen LogP contribution in [0.4, 0.5) is 0 Å². The lowest BCUT2D eigenvalue weighted by atomic mass is 10.3. The van der Waals surface area contributed by atoms with E-state index in [0.29, 0.717) is 6.54 Å². The van der Waals surface area contributed by atoms with Gasteiger partial charge in [-0.05, 0) is 0 Å². The van der Waals surface area contributed by atoms with Crippen LogP contribution in [-0.2, 0) is 0 Å². The fraction of sp³-hybridized carbons (Fsp3) is 1.00. The van der Waals surface area contributed by atoms with E-state index in [4.69, 9.17) is 5.11 Å². The summed E-state index contributed by atoms with van der Waals surface area (Å²) >= 11 is 0. The van der Waals surface area contributed by atoms with Crippen molar-refractivity contribution in [3.05, 3.63) is 0 Å². The van der Waals surface area contributed by atoms with E-state index >= 15 is 0 Å². The third kappa shape index (κ3) is 4.88. The molecular weight excluding hydrogens is 182 g/mol. The SMILES string of the molecule is OCC(O)CN1CCNCCNCC1. The molecule has 1 atom stereocenters. The molecule has 1 unspecified atom stereocenters. The number of hydrogen-bond donors (Lipinski definition) is 4. The quantitative estimate of drug-likeness (QED) is 0.420. The molecule has 14 heavy (non-hydrogen) atoms. The van der Waals surface area contributed by atoms with Crippen molar-refractivity contribution in [3.63, 3.8) is 0 Å². The van der Waals surface area contributed by atoms with Crippen molar-refractivity contribution in [2.75, 3.05) is 52.4 Å². The Hall–Kier alpha value is -0.200. The molecule has 84 valence electrons. The molecule has 1 aliphatic rings. The molecule has 0 spiro atoms. The Morgan fingerprint density at radius 3 is 2.14 bits per heavy atom. The summed E-state index contributed by atoms with van der Waals surface area (Å²) in [6.07, 6.45) is -0.615. The van der Waals surface area contributed by atoms with Crippen LogP contribution in [0, 0.1) is 0 Å². The summed E-state index contributed by atoms with van der Waals surface area (Å²) in [5, 5.41) is 24.6. The van der Waals surface area contributed by atoms with E-state index in [1.54, 1.807) is 0 Å². The second kappa shape index (κ2) is 7.14. The smallest absolute Gasteiger partial charge is 0.0897 e. The van der Waals surface area contributed by atoms with Gasteiger partial charge in [0.15, 0.2) is 0 Å². The van der Waals surface area contributed by atoms with Gasteiger partial charge in [0.1, 0.15) is 0 Å². The number of aliphatic hydroxyl groups excluding tert-OH is 2. The van der Waals surface area contributed by atoms with E-state index < -0.39 is 6.10 Å². The van der Waals surface area contributed by atoms with Crippen LogP contribution in [0.5, 0.6) is 0 Å². The Kier molecular flexibility index (Phi) is 6.05. The van der Waals surface area contributed by atoms with Crippen LogP contribution in [0.25, 0.3) is 0 Å². The molecule has 0 aliphatic carbocycles. The summed E-state index contributed by atoms with van der Waals surface area (Å²) in [5.74, 6) is 0. The van der Waals surface area contributed by atoms with Gasteiger partial charge in [-0.15, -0.1) is 0 Å². The van der Waals surface area contributed by atoms with Crippen LogP contribution in [0.3, 0.4) is 0 Å². The Morgan fingerprint density at radius 2 is 1.64 bits per heavy atom. The molecule has 5 heteroatoms. The monoisotopic (exact) mass is 203 g/mol. The lowest BCUT2D eigenvalue weighted by Gasteiger charge is -2.23. The highest BCUT2D eigenvalue weighted by atomic mass is 16.3. The van der Waals surface area contributed by atoms with Crippen molar-refractivity contribution >= 4 is 0 Å². The molecule has 1 aliphatic heterocycles. The third-order valence-corrected chi connectivity index (χ3v) is 2.37. The van der Waals surface area contributed by atoms with E-state index in [0.717, 1.165) is 39.3 Å². The minimum Gasteiger partial charge on any atom is -0.394 e. The molecule has 1 rings (SSSR count). The maximum absolute atomic E-state index is 9.31. The normalized spacial score (nSPS) is 23.6. The Balaban J connectivity index is 2.25. The minimum absolute atomic E-state index is 0.155. The van der Waals surface area contributed by atoms with Crippen LogP contribution in [0.2, 0.25) is 0 Å². The Morgan fingerprint density at radius 1 is 1.07 bits per heavy atom. The average Bonchev–Trinajstić information content (AvgIpc) is 2.31. The van der Waals surface area contributed by atoms with Crippen LogP contribution < -0.4 is 10.6 Å². The lowest BCUT2D eigenvalue weighted by Crippen LogP contribution is -2.40. The number of nitrogens with one attached hydrogen (secondary N) is 2. The summed E-state index contributed by atoms with van der Waals surface area (Å²) in [5.41, 5.74) is 0. The summed E-state index contributed by atoms with van der Waals surface area (Å²) in [6.45, 7) is 6.14. The van der Waals surface area contributed by atoms with Gasteiger partial charge in [-0.1, -0.05) is 0 Å². The van der Waals surface area contributed by atoms with Gasteiger partial charge in [0.25, 0.3) is 0 Å². The fourth-order valence-corrected chi connectivity index (χ4v) is 1.55. The van der Waals surface area contributed by atoms with Crippen LogP contribution in [0.15, 0.2) is 0 Å². The zero-order chi connectivity index (χ0) is 10.2. The van der Waals surface area contributed by atoms with Gasteiger partial charge < -0.3 is 20.8 Å². The highest BCUT2D eigenvalue weighted by molar-refractivity contribution is 4.68. The first-order chi connectivity index (χ1) is 6.83. The van der Waals surface area contributed by atoms with Gasteiger partial charge in [0.05, 0.1) is 12.7 Å². The van der Waals surface area contributed by atoms with E-state index in [-0.39, 0.29) is 6.61 Å². The molecule has 5 nitrogen and oxygen atoms in total.